The molecule has 0 aromatic carbocycles. The van der Waals surface area contributed by atoms with E-state index in [4.69, 9.17) is 4.52 Å². The standard InChI is InChI=1S/C12H23N3OS/c1-5-7-13-10(4)12-14-11(15-16-12)8-17-9(3)6-2/h9-10,13H,5-8H2,1-4H3. The number of thioether (sulfide) groups is 1. The quantitative estimate of drug-likeness (QED) is 0.775. The van der Waals surface area contributed by atoms with Crippen LogP contribution in [0.15, 0.2) is 4.52 Å². The van der Waals surface area contributed by atoms with Gasteiger partial charge < -0.3 is 9.84 Å². The zero-order chi connectivity index (χ0) is 12.7. The molecular formula is C12H23N3OS. The molecule has 0 aliphatic rings. The first-order valence-electron chi connectivity index (χ1n) is 6.34. The highest BCUT2D eigenvalue weighted by Gasteiger charge is 2.13. The van der Waals surface area contributed by atoms with Crippen LogP contribution in [0.3, 0.4) is 0 Å². The minimum atomic E-state index is 0.143. The van der Waals surface area contributed by atoms with E-state index in [1.165, 1.54) is 6.42 Å². The third-order valence-electron chi connectivity index (χ3n) is 2.63. The molecule has 1 rings (SSSR count). The molecule has 4 nitrogen and oxygen atoms in total. The van der Waals surface area contributed by atoms with Crippen molar-refractivity contribution in [2.45, 2.75) is 57.6 Å². The Kier molecular flexibility index (Phi) is 6.58. The number of hydrogen-bond acceptors (Lipinski definition) is 5. The molecule has 2 atom stereocenters. The van der Waals surface area contributed by atoms with Gasteiger partial charge in [0, 0.05) is 5.25 Å². The Morgan fingerprint density at radius 2 is 2.12 bits per heavy atom. The average molecular weight is 257 g/mol. The summed E-state index contributed by atoms with van der Waals surface area (Å²) in [6, 6.07) is 0.143. The van der Waals surface area contributed by atoms with Crippen LogP contribution in [0.5, 0.6) is 0 Å². The summed E-state index contributed by atoms with van der Waals surface area (Å²) in [6.07, 6.45) is 2.28. The van der Waals surface area contributed by atoms with Gasteiger partial charge in [0.15, 0.2) is 5.82 Å². The molecule has 0 aliphatic carbocycles. The van der Waals surface area contributed by atoms with Crippen LogP contribution < -0.4 is 5.32 Å². The van der Waals surface area contributed by atoms with E-state index in [1.54, 1.807) is 0 Å². The summed E-state index contributed by atoms with van der Waals surface area (Å²) in [5.74, 6) is 2.33. The maximum Gasteiger partial charge on any atom is 0.243 e. The van der Waals surface area contributed by atoms with E-state index in [9.17, 15) is 0 Å². The predicted octanol–water partition coefficient (Wildman–Crippen LogP) is 3.16. The molecule has 0 bridgehead atoms. The monoisotopic (exact) mass is 257 g/mol. The largest absolute Gasteiger partial charge is 0.338 e. The minimum absolute atomic E-state index is 0.143. The Morgan fingerprint density at radius 3 is 2.76 bits per heavy atom. The summed E-state index contributed by atoms with van der Waals surface area (Å²) in [5.41, 5.74) is 0. The van der Waals surface area contributed by atoms with E-state index in [0.29, 0.717) is 11.1 Å². The molecule has 0 saturated heterocycles. The maximum absolute atomic E-state index is 5.25. The van der Waals surface area contributed by atoms with Gasteiger partial charge in [0.1, 0.15) is 0 Å². The summed E-state index contributed by atoms with van der Waals surface area (Å²) in [4.78, 5) is 4.41. The lowest BCUT2D eigenvalue weighted by atomic mass is 10.3. The van der Waals surface area contributed by atoms with Crippen LogP contribution in [-0.4, -0.2) is 21.9 Å². The normalized spacial score (nSPS) is 14.8. The van der Waals surface area contributed by atoms with Gasteiger partial charge in [-0.25, -0.2) is 0 Å². The fourth-order valence-electron chi connectivity index (χ4n) is 1.28. The zero-order valence-corrected chi connectivity index (χ0v) is 12.0. The molecule has 5 heteroatoms. The second-order valence-corrected chi connectivity index (χ2v) is 5.68. The van der Waals surface area contributed by atoms with Crippen LogP contribution in [-0.2, 0) is 5.75 Å². The fraction of sp³-hybridized carbons (Fsp3) is 0.833. The molecule has 1 heterocycles. The number of hydrogen-bond donors (Lipinski definition) is 1. The molecule has 0 saturated carbocycles. The zero-order valence-electron chi connectivity index (χ0n) is 11.2. The van der Waals surface area contributed by atoms with Crippen molar-refractivity contribution in [3.05, 3.63) is 11.7 Å². The van der Waals surface area contributed by atoms with Crippen LogP contribution in [0.1, 0.15) is 58.3 Å². The van der Waals surface area contributed by atoms with Gasteiger partial charge in [0.25, 0.3) is 0 Å². The van der Waals surface area contributed by atoms with Gasteiger partial charge in [-0.15, -0.1) is 0 Å². The van der Waals surface area contributed by atoms with Crippen molar-refractivity contribution in [1.82, 2.24) is 15.5 Å². The van der Waals surface area contributed by atoms with Crippen molar-refractivity contribution >= 4 is 11.8 Å². The first-order valence-corrected chi connectivity index (χ1v) is 7.39. The van der Waals surface area contributed by atoms with Gasteiger partial charge in [-0.3, -0.25) is 0 Å². The van der Waals surface area contributed by atoms with Crippen LogP contribution in [0.4, 0.5) is 0 Å². The molecule has 0 fully saturated rings. The summed E-state index contributed by atoms with van der Waals surface area (Å²) in [6.45, 7) is 9.57. The lowest BCUT2D eigenvalue weighted by molar-refractivity contribution is 0.337. The van der Waals surface area contributed by atoms with Gasteiger partial charge in [-0.1, -0.05) is 25.9 Å². The van der Waals surface area contributed by atoms with Crippen LogP contribution in [0.2, 0.25) is 0 Å². The first-order chi connectivity index (χ1) is 8.17. The van der Waals surface area contributed by atoms with Gasteiger partial charge in [0.05, 0.1) is 11.8 Å². The Labute approximate surface area is 108 Å². The lowest BCUT2D eigenvalue weighted by Gasteiger charge is -2.07. The molecule has 2 unspecified atom stereocenters. The second-order valence-electron chi connectivity index (χ2n) is 4.25. The highest BCUT2D eigenvalue weighted by molar-refractivity contribution is 7.99. The lowest BCUT2D eigenvalue weighted by Crippen LogP contribution is -2.19. The number of nitrogens with one attached hydrogen (secondary N) is 1. The van der Waals surface area contributed by atoms with Crippen molar-refractivity contribution in [3.8, 4) is 0 Å². The van der Waals surface area contributed by atoms with Gasteiger partial charge in [-0.2, -0.15) is 16.7 Å². The Morgan fingerprint density at radius 1 is 1.35 bits per heavy atom. The SMILES string of the molecule is CCCNC(C)c1nc(CSC(C)CC)no1. The summed E-state index contributed by atoms with van der Waals surface area (Å²) in [7, 11) is 0. The fourth-order valence-corrected chi connectivity index (χ4v) is 2.07. The first kappa shape index (κ1) is 14.5. The molecule has 1 N–H and O–H groups in total. The topological polar surface area (TPSA) is 51.0 Å². The van der Waals surface area contributed by atoms with E-state index in [0.717, 1.165) is 24.5 Å². The Balaban J connectivity index is 2.41. The van der Waals surface area contributed by atoms with Crippen molar-refractivity contribution in [2.24, 2.45) is 0 Å². The Hall–Kier alpha value is -0.550. The summed E-state index contributed by atoms with van der Waals surface area (Å²) in [5, 5.41) is 7.99. The molecule has 0 radical (unpaired) electrons. The second kappa shape index (κ2) is 7.71. The van der Waals surface area contributed by atoms with Crippen molar-refractivity contribution < 1.29 is 4.52 Å². The smallest absolute Gasteiger partial charge is 0.243 e. The highest BCUT2D eigenvalue weighted by atomic mass is 32.2. The molecular weight excluding hydrogens is 234 g/mol. The third kappa shape index (κ3) is 5.08. The Bertz CT molecular complexity index is 316. The maximum atomic E-state index is 5.25. The molecule has 1 aromatic heterocycles. The van der Waals surface area contributed by atoms with E-state index in [1.807, 2.05) is 11.8 Å². The molecule has 1 aromatic rings. The third-order valence-corrected chi connectivity index (χ3v) is 3.95. The van der Waals surface area contributed by atoms with Crippen LogP contribution in [0, 0.1) is 0 Å². The molecule has 17 heavy (non-hydrogen) atoms. The highest BCUT2D eigenvalue weighted by Crippen LogP contribution is 2.19. The van der Waals surface area contributed by atoms with Crippen molar-refractivity contribution in [1.29, 1.82) is 0 Å². The summed E-state index contributed by atoms with van der Waals surface area (Å²) >= 11 is 1.87. The minimum Gasteiger partial charge on any atom is -0.338 e. The number of aromatic nitrogens is 2. The van der Waals surface area contributed by atoms with E-state index in [-0.39, 0.29) is 6.04 Å². The van der Waals surface area contributed by atoms with E-state index in [2.05, 4.69) is 43.2 Å². The van der Waals surface area contributed by atoms with E-state index < -0.39 is 0 Å². The van der Waals surface area contributed by atoms with Crippen LogP contribution in [0.25, 0.3) is 0 Å². The van der Waals surface area contributed by atoms with Gasteiger partial charge in [-0.05, 0) is 26.3 Å². The molecule has 98 valence electrons. The molecule has 0 amide bonds. The predicted molar refractivity (Wildman–Crippen MR) is 72.1 cm³/mol. The number of rotatable bonds is 8. The van der Waals surface area contributed by atoms with Gasteiger partial charge in [0.2, 0.25) is 5.89 Å². The van der Waals surface area contributed by atoms with Crippen molar-refractivity contribution in [2.75, 3.05) is 6.54 Å². The summed E-state index contributed by atoms with van der Waals surface area (Å²) < 4.78 is 5.25. The van der Waals surface area contributed by atoms with Crippen LogP contribution >= 0.6 is 11.8 Å². The average Bonchev–Trinajstić information content (AvgIpc) is 2.81. The van der Waals surface area contributed by atoms with Crippen molar-refractivity contribution in [3.63, 3.8) is 0 Å². The number of nitrogens with zero attached hydrogens (tertiary/aromatic N) is 2. The van der Waals surface area contributed by atoms with Gasteiger partial charge >= 0.3 is 0 Å². The molecule has 0 spiro atoms. The molecule has 0 aliphatic heterocycles. The van der Waals surface area contributed by atoms with E-state index >= 15 is 0 Å².